The van der Waals surface area contributed by atoms with Crippen molar-refractivity contribution in [3.8, 4) is 6.07 Å². The van der Waals surface area contributed by atoms with Crippen LogP contribution in [0.25, 0.3) is 5.70 Å². The van der Waals surface area contributed by atoms with Crippen molar-refractivity contribution in [3.63, 3.8) is 0 Å². The molecule has 2 aliphatic carbocycles. The van der Waals surface area contributed by atoms with Crippen LogP contribution in [-0.2, 0) is 11.2 Å². The monoisotopic (exact) mass is 356 g/mol. The average Bonchev–Trinajstić information content (AvgIpc) is 3.27. The molecule has 0 amide bonds. The minimum Gasteiger partial charge on any atom is -0.370 e. The molecule has 1 heterocycles. The highest BCUT2D eigenvalue weighted by Crippen LogP contribution is 2.54. The van der Waals surface area contributed by atoms with E-state index in [1.165, 1.54) is 25.7 Å². The van der Waals surface area contributed by atoms with E-state index in [-0.39, 0.29) is 5.78 Å². The molecule has 0 atom stereocenters. The van der Waals surface area contributed by atoms with Gasteiger partial charge in [0.2, 0.25) is 0 Å². The van der Waals surface area contributed by atoms with E-state index < -0.39 is 0 Å². The second kappa shape index (κ2) is 4.96. The van der Waals surface area contributed by atoms with E-state index in [0.29, 0.717) is 17.4 Å². The number of piperidine rings is 1. The fourth-order valence-corrected chi connectivity index (χ4v) is 4.14. The van der Waals surface area contributed by atoms with Crippen LogP contribution in [0, 0.1) is 16.7 Å². The van der Waals surface area contributed by atoms with E-state index >= 15 is 0 Å². The van der Waals surface area contributed by atoms with Crippen molar-refractivity contribution in [1.29, 1.82) is 5.26 Å². The van der Waals surface area contributed by atoms with Crippen LogP contribution in [0.15, 0.2) is 28.2 Å². The Kier molecular flexibility index (Phi) is 3.16. The average molecular weight is 357 g/mol. The molecule has 0 aromatic heterocycles. The van der Waals surface area contributed by atoms with E-state index in [1.807, 2.05) is 12.1 Å². The van der Waals surface area contributed by atoms with Crippen molar-refractivity contribution in [2.24, 2.45) is 5.41 Å². The van der Waals surface area contributed by atoms with E-state index in [2.05, 4.69) is 33.0 Å². The van der Waals surface area contributed by atoms with Crippen molar-refractivity contribution in [1.82, 2.24) is 4.90 Å². The summed E-state index contributed by atoms with van der Waals surface area (Å²) in [5, 5.41) is 9.51. The number of ketones is 1. The molecule has 1 aliphatic heterocycles. The Bertz CT molecular complexity index is 730. The number of Topliss-reactive ketones (excluding diaryl/α,β-unsaturated/α-hetero) is 1. The number of carbonyl (C=O) groups excluding carboxylic acids is 1. The maximum Gasteiger partial charge on any atom is 0.179 e. The Labute approximate surface area is 138 Å². The number of benzene rings is 1. The van der Waals surface area contributed by atoms with Gasteiger partial charge in [0, 0.05) is 29.5 Å². The van der Waals surface area contributed by atoms with Gasteiger partial charge in [-0.1, -0.05) is 22.0 Å². The molecule has 1 saturated heterocycles. The van der Waals surface area contributed by atoms with Crippen LogP contribution in [-0.4, -0.2) is 23.8 Å². The molecule has 2 fully saturated rings. The third kappa shape index (κ3) is 2.19. The highest BCUT2D eigenvalue weighted by atomic mass is 79.9. The smallest absolute Gasteiger partial charge is 0.179 e. The van der Waals surface area contributed by atoms with E-state index in [0.717, 1.165) is 34.4 Å². The predicted molar refractivity (Wildman–Crippen MR) is 87.9 cm³/mol. The van der Waals surface area contributed by atoms with Gasteiger partial charge in [0.15, 0.2) is 5.78 Å². The number of halogens is 1. The first-order valence-electron chi connectivity index (χ1n) is 7.83. The molecule has 1 saturated carbocycles. The SMILES string of the molecule is N#CC1=C(N2CCC3(CC2)CC3)c2cc(Br)ccc2CC1=O. The number of likely N-dealkylation sites (tertiary alicyclic amines) is 1. The number of nitrogens with zero attached hydrogens (tertiary/aromatic N) is 2. The minimum absolute atomic E-state index is 0.0426. The first-order chi connectivity index (χ1) is 10.6. The summed E-state index contributed by atoms with van der Waals surface area (Å²) in [6.07, 6.45) is 5.42. The van der Waals surface area contributed by atoms with Crippen LogP contribution in [0.1, 0.15) is 36.8 Å². The van der Waals surface area contributed by atoms with Crippen LogP contribution in [0.3, 0.4) is 0 Å². The standard InChI is InChI=1S/C18H17BrN2O/c19-13-2-1-12-9-16(22)15(11-20)17(14(12)10-13)21-7-5-18(3-4-18)6-8-21/h1-2,10H,3-9H2. The lowest BCUT2D eigenvalue weighted by Crippen LogP contribution is -2.36. The predicted octanol–water partition coefficient (Wildman–Crippen LogP) is 3.68. The number of nitriles is 1. The van der Waals surface area contributed by atoms with Gasteiger partial charge in [0.25, 0.3) is 0 Å². The Balaban J connectivity index is 1.78. The molecule has 22 heavy (non-hydrogen) atoms. The second-order valence-electron chi connectivity index (χ2n) is 6.72. The third-order valence-corrected chi connectivity index (χ3v) is 5.90. The third-order valence-electron chi connectivity index (χ3n) is 5.40. The van der Waals surface area contributed by atoms with Crippen molar-refractivity contribution in [2.75, 3.05) is 13.1 Å². The Morgan fingerprint density at radius 3 is 2.55 bits per heavy atom. The second-order valence-corrected chi connectivity index (χ2v) is 7.64. The van der Waals surface area contributed by atoms with Crippen LogP contribution >= 0.6 is 15.9 Å². The van der Waals surface area contributed by atoms with Crippen LogP contribution in [0.4, 0.5) is 0 Å². The summed E-state index contributed by atoms with van der Waals surface area (Å²) >= 11 is 3.52. The van der Waals surface area contributed by atoms with Gasteiger partial charge < -0.3 is 4.90 Å². The number of carbonyl (C=O) groups is 1. The molecule has 1 aromatic carbocycles. The molecule has 1 aromatic rings. The summed E-state index contributed by atoms with van der Waals surface area (Å²) in [5.74, 6) is -0.0426. The van der Waals surface area contributed by atoms with Crippen molar-refractivity contribution < 1.29 is 4.79 Å². The fraction of sp³-hybridized carbons (Fsp3) is 0.444. The highest BCUT2D eigenvalue weighted by molar-refractivity contribution is 9.10. The first kappa shape index (κ1) is 14.0. The van der Waals surface area contributed by atoms with Gasteiger partial charge in [-0.15, -0.1) is 0 Å². The van der Waals surface area contributed by atoms with E-state index in [9.17, 15) is 10.1 Å². The van der Waals surface area contributed by atoms with Crippen molar-refractivity contribution in [3.05, 3.63) is 39.4 Å². The maximum absolute atomic E-state index is 12.3. The number of fused-ring (bicyclic) bond motifs is 1. The van der Waals surface area contributed by atoms with Crippen LogP contribution in [0.5, 0.6) is 0 Å². The van der Waals surface area contributed by atoms with Gasteiger partial charge in [-0.25, -0.2) is 0 Å². The molecule has 4 rings (SSSR count). The highest BCUT2D eigenvalue weighted by Gasteiger charge is 2.45. The molecular formula is C18H17BrN2O. The Morgan fingerprint density at radius 1 is 1.18 bits per heavy atom. The van der Waals surface area contributed by atoms with Gasteiger partial charge >= 0.3 is 0 Å². The quantitative estimate of drug-likeness (QED) is 0.770. The maximum atomic E-state index is 12.3. The zero-order chi connectivity index (χ0) is 15.3. The first-order valence-corrected chi connectivity index (χ1v) is 8.63. The molecule has 4 heteroatoms. The van der Waals surface area contributed by atoms with Gasteiger partial charge in [0.05, 0.1) is 5.70 Å². The number of allylic oxidation sites excluding steroid dienone is 1. The molecule has 0 bridgehead atoms. The van der Waals surface area contributed by atoms with Crippen molar-refractivity contribution >= 4 is 27.4 Å². The molecule has 3 aliphatic rings. The summed E-state index contributed by atoms with van der Waals surface area (Å²) in [6, 6.07) is 8.19. The molecular weight excluding hydrogens is 340 g/mol. The zero-order valence-corrected chi connectivity index (χ0v) is 13.9. The Hall–Kier alpha value is -1.60. The molecule has 3 nitrogen and oxygen atoms in total. The van der Waals surface area contributed by atoms with Gasteiger partial charge in [0.1, 0.15) is 11.6 Å². The number of hydrogen-bond acceptors (Lipinski definition) is 3. The summed E-state index contributed by atoms with van der Waals surface area (Å²) in [4.78, 5) is 14.6. The fourth-order valence-electron chi connectivity index (χ4n) is 3.78. The lowest BCUT2D eigenvalue weighted by molar-refractivity contribution is -0.114. The number of rotatable bonds is 1. The van der Waals surface area contributed by atoms with E-state index in [4.69, 9.17) is 0 Å². The summed E-state index contributed by atoms with van der Waals surface area (Å²) in [5.41, 5.74) is 3.89. The summed E-state index contributed by atoms with van der Waals surface area (Å²) < 4.78 is 0.992. The summed E-state index contributed by atoms with van der Waals surface area (Å²) in [6.45, 7) is 1.92. The zero-order valence-electron chi connectivity index (χ0n) is 12.4. The molecule has 0 unspecified atom stereocenters. The molecule has 0 radical (unpaired) electrons. The van der Waals surface area contributed by atoms with Gasteiger partial charge in [-0.05, 0) is 48.8 Å². The summed E-state index contributed by atoms with van der Waals surface area (Å²) in [7, 11) is 0. The number of hydrogen-bond donors (Lipinski definition) is 0. The lowest BCUT2D eigenvalue weighted by Gasteiger charge is -2.37. The minimum atomic E-state index is -0.0426. The molecule has 112 valence electrons. The molecule has 1 spiro atoms. The molecule has 0 N–H and O–H groups in total. The van der Waals surface area contributed by atoms with Crippen LogP contribution < -0.4 is 0 Å². The topological polar surface area (TPSA) is 44.1 Å². The van der Waals surface area contributed by atoms with Crippen LogP contribution in [0.2, 0.25) is 0 Å². The normalized spacial score (nSPS) is 22.5. The Morgan fingerprint density at radius 2 is 1.91 bits per heavy atom. The van der Waals surface area contributed by atoms with Crippen molar-refractivity contribution in [2.45, 2.75) is 32.1 Å². The van der Waals surface area contributed by atoms with Gasteiger partial charge in [-0.2, -0.15) is 5.26 Å². The lowest BCUT2D eigenvalue weighted by atomic mass is 9.86. The van der Waals surface area contributed by atoms with E-state index in [1.54, 1.807) is 0 Å². The largest absolute Gasteiger partial charge is 0.370 e. The van der Waals surface area contributed by atoms with Gasteiger partial charge in [-0.3, -0.25) is 4.79 Å².